The summed E-state index contributed by atoms with van der Waals surface area (Å²) in [5, 5.41) is 2.80. The summed E-state index contributed by atoms with van der Waals surface area (Å²) in [5.74, 6) is 0.996. The molecule has 2 aromatic rings. The molecule has 22 heavy (non-hydrogen) atoms. The number of aromatic nitrogens is 2. The number of hydrogen-bond donors (Lipinski definition) is 1. The minimum absolute atomic E-state index is 0.0528. The number of hydrogen-bond acceptors (Lipinski definition) is 4. The maximum Gasteiger partial charge on any atom is 0.224 e. The van der Waals surface area contributed by atoms with Gasteiger partial charge in [0.05, 0.1) is 29.0 Å². The predicted octanol–water partition coefficient (Wildman–Crippen LogP) is 0.728. The second-order valence-corrected chi connectivity index (χ2v) is 8.11. The fourth-order valence-electron chi connectivity index (χ4n) is 2.85. The smallest absolute Gasteiger partial charge is 0.224 e. The first-order valence-corrected chi connectivity index (χ1v) is 9.08. The van der Waals surface area contributed by atoms with E-state index in [0.717, 1.165) is 22.4 Å². The van der Waals surface area contributed by atoms with Crippen LogP contribution < -0.4 is 5.32 Å². The van der Waals surface area contributed by atoms with Gasteiger partial charge in [-0.3, -0.25) is 4.79 Å². The highest BCUT2D eigenvalue weighted by Crippen LogP contribution is 2.17. The first kappa shape index (κ1) is 15.0. The lowest BCUT2D eigenvalue weighted by Crippen LogP contribution is -2.36. The van der Waals surface area contributed by atoms with E-state index in [0.29, 0.717) is 6.42 Å². The number of carbonyl (C=O) groups is 1. The number of benzene rings is 1. The summed E-state index contributed by atoms with van der Waals surface area (Å²) in [6.07, 6.45) is 0.745. The molecule has 1 fully saturated rings. The summed E-state index contributed by atoms with van der Waals surface area (Å²) in [4.78, 5) is 16.5. The third-order valence-corrected chi connectivity index (χ3v) is 5.90. The molecule has 1 aliphatic rings. The minimum atomic E-state index is -2.97. The maximum absolute atomic E-state index is 12.1. The Balaban J connectivity index is 1.69. The van der Waals surface area contributed by atoms with Gasteiger partial charge in [0, 0.05) is 13.1 Å². The van der Waals surface area contributed by atoms with Crippen molar-refractivity contribution >= 4 is 26.8 Å². The highest BCUT2D eigenvalue weighted by molar-refractivity contribution is 7.91. The number of nitrogens with zero attached hydrogens (tertiary/aromatic N) is 2. The van der Waals surface area contributed by atoms with Crippen LogP contribution in [-0.4, -0.2) is 41.4 Å². The van der Waals surface area contributed by atoms with Crippen LogP contribution in [0.5, 0.6) is 0 Å². The van der Waals surface area contributed by atoms with Crippen LogP contribution in [0, 0.1) is 6.92 Å². The van der Waals surface area contributed by atoms with Gasteiger partial charge in [-0.05, 0) is 31.0 Å². The first-order valence-electron chi connectivity index (χ1n) is 7.26. The summed E-state index contributed by atoms with van der Waals surface area (Å²) in [6.45, 7) is 1.94. The van der Waals surface area contributed by atoms with Crippen LogP contribution >= 0.6 is 0 Å². The number of amides is 1. The van der Waals surface area contributed by atoms with Crippen molar-refractivity contribution < 1.29 is 13.2 Å². The van der Waals surface area contributed by atoms with E-state index in [1.54, 1.807) is 0 Å². The van der Waals surface area contributed by atoms with Crippen molar-refractivity contribution in [3.05, 3.63) is 29.6 Å². The van der Waals surface area contributed by atoms with E-state index >= 15 is 0 Å². The van der Waals surface area contributed by atoms with Crippen molar-refractivity contribution in [3.8, 4) is 0 Å². The molecule has 118 valence electrons. The van der Waals surface area contributed by atoms with Gasteiger partial charge in [-0.1, -0.05) is 6.07 Å². The topological polar surface area (TPSA) is 81.1 Å². The highest BCUT2D eigenvalue weighted by atomic mass is 32.2. The fourth-order valence-corrected chi connectivity index (χ4v) is 4.52. The van der Waals surface area contributed by atoms with E-state index in [-0.39, 0.29) is 29.9 Å². The number of rotatable bonds is 3. The summed E-state index contributed by atoms with van der Waals surface area (Å²) >= 11 is 0. The molecule has 1 amide bonds. The fraction of sp³-hybridized carbons (Fsp3) is 0.467. The van der Waals surface area contributed by atoms with Crippen molar-refractivity contribution in [2.45, 2.75) is 25.8 Å². The minimum Gasteiger partial charge on any atom is -0.352 e. The monoisotopic (exact) mass is 321 g/mol. The number of imidazole rings is 1. The third-order valence-electron chi connectivity index (χ3n) is 4.13. The average Bonchev–Trinajstić information content (AvgIpc) is 2.90. The molecule has 1 N–H and O–H groups in total. The molecule has 1 aromatic heterocycles. The molecule has 6 nitrogen and oxygen atoms in total. The number of carbonyl (C=O) groups excluding carboxylic acids is 1. The predicted molar refractivity (Wildman–Crippen MR) is 84.4 cm³/mol. The molecule has 2 heterocycles. The molecule has 1 aliphatic heterocycles. The van der Waals surface area contributed by atoms with Crippen molar-refractivity contribution in [3.63, 3.8) is 0 Å². The molecular weight excluding hydrogens is 302 g/mol. The molecule has 7 heteroatoms. The Morgan fingerprint density at radius 1 is 1.45 bits per heavy atom. The van der Waals surface area contributed by atoms with E-state index in [2.05, 4.69) is 10.3 Å². The van der Waals surface area contributed by atoms with E-state index in [4.69, 9.17) is 0 Å². The van der Waals surface area contributed by atoms with E-state index < -0.39 is 9.84 Å². The molecule has 0 aliphatic carbocycles. The average molecular weight is 321 g/mol. The maximum atomic E-state index is 12.1. The number of aryl methyl sites for hydroxylation is 2. The molecule has 1 unspecified atom stereocenters. The molecule has 0 radical (unpaired) electrons. The summed E-state index contributed by atoms with van der Waals surface area (Å²) < 4.78 is 24.8. The lowest BCUT2D eigenvalue weighted by molar-refractivity contribution is -0.120. The molecule has 0 spiro atoms. The van der Waals surface area contributed by atoms with Gasteiger partial charge in [0.1, 0.15) is 5.82 Å². The Bertz CT molecular complexity index is 839. The largest absolute Gasteiger partial charge is 0.352 e. The molecular formula is C15H19N3O3S. The van der Waals surface area contributed by atoms with Crippen LogP contribution in [0.25, 0.3) is 11.0 Å². The normalized spacial score (nSPS) is 20.4. The van der Waals surface area contributed by atoms with Crippen LogP contribution in [0.15, 0.2) is 18.2 Å². The van der Waals surface area contributed by atoms with E-state index in [1.807, 2.05) is 36.7 Å². The summed E-state index contributed by atoms with van der Waals surface area (Å²) in [7, 11) is -1.02. The second kappa shape index (κ2) is 5.39. The molecule has 1 saturated heterocycles. The Hall–Kier alpha value is -1.89. The van der Waals surface area contributed by atoms with E-state index in [9.17, 15) is 13.2 Å². The van der Waals surface area contributed by atoms with Gasteiger partial charge in [0.25, 0.3) is 0 Å². The number of nitrogens with one attached hydrogen (secondary N) is 1. The van der Waals surface area contributed by atoms with Gasteiger partial charge in [0.15, 0.2) is 9.84 Å². The molecule has 0 bridgehead atoms. The third kappa shape index (κ3) is 2.99. The summed E-state index contributed by atoms with van der Waals surface area (Å²) in [6, 6.07) is 5.53. The van der Waals surface area contributed by atoms with Gasteiger partial charge >= 0.3 is 0 Å². The zero-order chi connectivity index (χ0) is 15.9. The highest BCUT2D eigenvalue weighted by Gasteiger charge is 2.28. The SMILES string of the molecule is Cc1nc2cc(CC(=O)NC3CCS(=O)(=O)C3)ccc2n1C. The molecule has 1 aromatic carbocycles. The zero-order valence-corrected chi connectivity index (χ0v) is 13.5. The molecule has 3 rings (SSSR count). The van der Waals surface area contributed by atoms with E-state index in [1.165, 1.54) is 0 Å². The molecule has 1 atom stereocenters. The number of sulfone groups is 1. The van der Waals surface area contributed by atoms with Gasteiger partial charge in [-0.2, -0.15) is 0 Å². The van der Waals surface area contributed by atoms with Crippen molar-refractivity contribution in [1.29, 1.82) is 0 Å². The second-order valence-electron chi connectivity index (χ2n) is 5.89. The van der Waals surface area contributed by atoms with Gasteiger partial charge in [0.2, 0.25) is 5.91 Å². The first-order chi connectivity index (χ1) is 10.3. The zero-order valence-electron chi connectivity index (χ0n) is 12.7. The Labute approximate surface area is 129 Å². The van der Waals surface area contributed by atoms with Crippen LogP contribution in [0.1, 0.15) is 17.8 Å². The van der Waals surface area contributed by atoms with Crippen molar-refractivity contribution in [2.24, 2.45) is 7.05 Å². The standard InChI is InChI=1S/C15H19N3O3S/c1-10-16-13-7-11(3-4-14(13)18(10)2)8-15(19)17-12-5-6-22(20,21)9-12/h3-4,7,12H,5-6,8-9H2,1-2H3,(H,17,19). The number of fused-ring (bicyclic) bond motifs is 1. The Morgan fingerprint density at radius 3 is 2.91 bits per heavy atom. The molecule has 0 saturated carbocycles. The Kier molecular flexibility index (Phi) is 3.68. The van der Waals surface area contributed by atoms with Crippen molar-refractivity contribution in [1.82, 2.24) is 14.9 Å². The van der Waals surface area contributed by atoms with Crippen LogP contribution in [-0.2, 0) is 28.1 Å². The quantitative estimate of drug-likeness (QED) is 0.903. The van der Waals surface area contributed by atoms with Crippen LogP contribution in [0.2, 0.25) is 0 Å². The lowest BCUT2D eigenvalue weighted by Gasteiger charge is -2.10. The summed E-state index contributed by atoms with van der Waals surface area (Å²) in [5.41, 5.74) is 2.78. The van der Waals surface area contributed by atoms with Gasteiger partial charge in [-0.15, -0.1) is 0 Å². The van der Waals surface area contributed by atoms with Crippen LogP contribution in [0.4, 0.5) is 0 Å². The van der Waals surface area contributed by atoms with Gasteiger partial charge in [-0.25, -0.2) is 13.4 Å². The lowest BCUT2D eigenvalue weighted by atomic mass is 10.1. The Morgan fingerprint density at radius 2 is 2.23 bits per heavy atom. The van der Waals surface area contributed by atoms with Crippen LogP contribution in [0.3, 0.4) is 0 Å². The van der Waals surface area contributed by atoms with Gasteiger partial charge < -0.3 is 9.88 Å². The van der Waals surface area contributed by atoms with Crippen molar-refractivity contribution in [2.75, 3.05) is 11.5 Å².